The van der Waals surface area contributed by atoms with Crippen LogP contribution in [0.25, 0.3) is 0 Å². The second-order valence-corrected chi connectivity index (χ2v) is 7.61. The molecule has 2 atom stereocenters. The highest BCUT2D eigenvalue weighted by molar-refractivity contribution is 7.59. The maximum Gasteiger partial charge on any atom is 0.274 e. The highest BCUT2D eigenvalue weighted by atomic mass is 32.1. The molecule has 0 saturated heterocycles. The molecule has 0 spiro atoms. The molecule has 5 nitrogen and oxygen atoms in total. The van der Waals surface area contributed by atoms with E-state index >= 15 is 0 Å². The molecule has 1 aliphatic heterocycles. The number of hydroxylamine groups is 1. The summed E-state index contributed by atoms with van der Waals surface area (Å²) in [6, 6.07) is 24.0. The highest BCUT2D eigenvalue weighted by Crippen LogP contribution is 2.37. The fourth-order valence-corrected chi connectivity index (χ4v) is 4.15. The molecule has 0 fully saturated rings. The number of benzene rings is 3. The third kappa shape index (κ3) is 5.21. The molecular weight excluding hydrogens is 410 g/mol. The fraction of sp³-hybridized carbons (Fsp3) is 0.240. The van der Waals surface area contributed by atoms with Gasteiger partial charge in [-0.2, -0.15) is 13.5 Å². The summed E-state index contributed by atoms with van der Waals surface area (Å²) in [6.07, 6.45) is 1.74. The summed E-state index contributed by atoms with van der Waals surface area (Å²) >= 11 is 0. The van der Waals surface area contributed by atoms with E-state index in [0.29, 0.717) is 23.8 Å². The standard InChI is InChI=1S/C25H25NO4.H2S/c1-29-22-11-7-17(8-12-22)13-21-14-19-9-10-20(25(27)26-28)15-24(19)30-16-23(21)18-5-3-2-4-6-18;/h2-12,15,21,23,28H,13-14,16H2,1H3,(H,26,27);1H2/t21?,23-;/m1./s1. The molecular formula is C25H27NO4S. The van der Waals surface area contributed by atoms with Gasteiger partial charge in [-0.05, 0) is 59.7 Å². The summed E-state index contributed by atoms with van der Waals surface area (Å²) in [5.41, 5.74) is 5.63. The van der Waals surface area contributed by atoms with Gasteiger partial charge in [0.25, 0.3) is 5.91 Å². The van der Waals surface area contributed by atoms with E-state index in [0.717, 1.165) is 24.2 Å². The lowest BCUT2D eigenvalue weighted by Gasteiger charge is -2.25. The first-order chi connectivity index (χ1) is 14.7. The zero-order valence-corrected chi connectivity index (χ0v) is 18.4. The minimum atomic E-state index is -0.542. The lowest BCUT2D eigenvalue weighted by atomic mass is 9.79. The quantitative estimate of drug-likeness (QED) is 0.455. The zero-order chi connectivity index (χ0) is 20.9. The van der Waals surface area contributed by atoms with Crippen LogP contribution in [-0.2, 0) is 12.8 Å². The normalized spacial score (nSPS) is 17.4. The summed E-state index contributed by atoms with van der Waals surface area (Å²) < 4.78 is 11.5. The van der Waals surface area contributed by atoms with E-state index in [1.165, 1.54) is 11.1 Å². The maximum atomic E-state index is 11.8. The first-order valence-corrected chi connectivity index (χ1v) is 10.1. The van der Waals surface area contributed by atoms with Crippen LogP contribution >= 0.6 is 13.5 Å². The van der Waals surface area contributed by atoms with Crippen LogP contribution in [-0.4, -0.2) is 24.8 Å². The van der Waals surface area contributed by atoms with E-state index in [9.17, 15) is 4.79 Å². The Hall–Kier alpha value is -2.96. The lowest BCUT2D eigenvalue weighted by Crippen LogP contribution is -2.21. The first kappa shape index (κ1) is 22.7. The van der Waals surface area contributed by atoms with Crippen molar-refractivity contribution in [3.8, 4) is 11.5 Å². The molecule has 1 heterocycles. The number of carbonyl (C=O) groups is 1. The predicted molar refractivity (Wildman–Crippen MR) is 125 cm³/mol. The number of carbonyl (C=O) groups excluding carboxylic acids is 1. The van der Waals surface area contributed by atoms with Crippen LogP contribution in [0.5, 0.6) is 11.5 Å². The van der Waals surface area contributed by atoms with Crippen molar-refractivity contribution in [1.82, 2.24) is 5.48 Å². The topological polar surface area (TPSA) is 67.8 Å². The number of hydrogen-bond acceptors (Lipinski definition) is 4. The van der Waals surface area contributed by atoms with Gasteiger partial charge < -0.3 is 9.47 Å². The van der Waals surface area contributed by atoms with Crippen molar-refractivity contribution < 1.29 is 19.5 Å². The van der Waals surface area contributed by atoms with Gasteiger partial charge in [-0.15, -0.1) is 0 Å². The van der Waals surface area contributed by atoms with E-state index in [1.807, 2.05) is 24.3 Å². The Morgan fingerprint density at radius 2 is 1.84 bits per heavy atom. The van der Waals surface area contributed by atoms with Gasteiger partial charge in [-0.3, -0.25) is 10.0 Å². The SMILES string of the molecule is COc1ccc(CC2Cc3ccc(C(=O)NO)cc3OC[C@@H]2c2ccccc2)cc1.S. The number of amides is 1. The lowest BCUT2D eigenvalue weighted by molar-refractivity contribution is 0.0706. The van der Waals surface area contributed by atoms with Crippen molar-refractivity contribution in [3.05, 3.63) is 95.1 Å². The molecule has 1 amide bonds. The van der Waals surface area contributed by atoms with Crippen LogP contribution in [0.3, 0.4) is 0 Å². The van der Waals surface area contributed by atoms with Crippen LogP contribution in [0.15, 0.2) is 72.8 Å². The summed E-state index contributed by atoms with van der Waals surface area (Å²) in [4.78, 5) is 11.8. The highest BCUT2D eigenvalue weighted by Gasteiger charge is 2.29. The minimum absolute atomic E-state index is 0. The summed E-state index contributed by atoms with van der Waals surface area (Å²) in [5, 5.41) is 8.93. The summed E-state index contributed by atoms with van der Waals surface area (Å²) in [7, 11) is 1.67. The maximum absolute atomic E-state index is 11.8. The smallest absolute Gasteiger partial charge is 0.274 e. The predicted octanol–water partition coefficient (Wildman–Crippen LogP) is 4.50. The third-order valence-corrected chi connectivity index (χ3v) is 5.79. The summed E-state index contributed by atoms with van der Waals surface area (Å²) in [6.45, 7) is 0.530. The molecule has 2 N–H and O–H groups in total. The molecule has 1 aliphatic rings. The average molecular weight is 438 g/mol. The summed E-state index contributed by atoms with van der Waals surface area (Å²) in [5.74, 6) is 1.56. The molecule has 1 unspecified atom stereocenters. The number of hydrogen-bond donors (Lipinski definition) is 2. The van der Waals surface area contributed by atoms with Crippen LogP contribution in [0.2, 0.25) is 0 Å². The minimum Gasteiger partial charge on any atom is -0.497 e. The Bertz CT molecular complexity index is 1010. The molecule has 31 heavy (non-hydrogen) atoms. The van der Waals surface area contributed by atoms with Gasteiger partial charge in [0, 0.05) is 11.5 Å². The van der Waals surface area contributed by atoms with E-state index in [4.69, 9.17) is 14.7 Å². The van der Waals surface area contributed by atoms with Crippen molar-refractivity contribution in [2.75, 3.05) is 13.7 Å². The second kappa shape index (κ2) is 10.4. The number of methoxy groups -OCH3 is 1. The van der Waals surface area contributed by atoms with Crippen LogP contribution in [0.1, 0.15) is 33.0 Å². The van der Waals surface area contributed by atoms with Gasteiger partial charge in [0.2, 0.25) is 0 Å². The van der Waals surface area contributed by atoms with Crippen molar-refractivity contribution in [3.63, 3.8) is 0 Å². The van der Waals surface area contributed by atoms with Gasteiger partial charge in [0.05, 0.1) is 13.7 Å². The number of rotatable bonds is 5. The first-order valence-electron chi connectivity index (χ1n) is 10.1. The Balaban J connectivity index is 0.00000272. The Morgan fingerprint density at radius 1 is 1.10 bits per heavy atom. The van der Waals surface area contributed by atoms with Crippen molar-refractivity contribution >= 4 is 19.4 Å². The van der Waals surface area contributed by atoms with E-state index in [2.05, 4.69) is 36.4 Å². The fourth-order valence-electron chi connectivity index (χ4n) is 4.15. The van der Waals surface area contributed by atoms with Gasteiger partial charge >= 0.3 is 0 Å². The number of nitrogens with one attached hydrogen (secondary N) is 1. The van der Waals surface area contributed by atoms with Crippen LogP contribution < -0.4 is 15.0 Å². The van der Waals surface area contributed by atoms with Crippen LogP contribution in [0, 0.1) is 5.92 Å². The van der Waals surface area contributed by atoms with Gasteiger partial charge in [-0.25, -0.2) is 5.48 Å². The van der Waals surface area contributed by atoms with E-state index in [1.54, 1.807) is 24.7 Å². The van der Waals surface area contributed by atoms with Crippen molar-refractivity contribution in [2.24, 2.45) is 5.92 Å². The van der Waals surface area contributed by atoms with Gasteiger partial charge in [-0.1, -0.05) is 48.5 Å². The molecule has 6 heteroatoms. The Labute approximate surface area is 189 Å². The van der Waals surface area contributed by atoms with Crippen molar-refractivity contribution in [1.29, 1.82) is 0 Å². The van der Waals surface area contributed by atoms with Crippen LogP contribution in [0.4, 0.5) is 0 Å². The van der Waals surface area contributed by atoms with Gasteiger partial charge in [0.1, 0.15) is 11.5 Å². The number of ether oxygens (including phenoxy) is 2. The third-order valence-electron chi connectivity index (χ3n) is 5.79. The second-order valence-electron chi connectivity index (χ2n) is 7.61. The van der Waals surface area contributed by atoms with Gasteiger partial charge in [0.15, 0.2) is 0 Å². The largest absolute Gasteiger partial charge is 0.497 e. The van der Waals surface area contributed by atoms with E-state index in [-0.39, 0.29) is 19.4 Å². The molecule has 3 aromatic carbocycles. The molecule has 0 aromatic heterocycles. The Kier molecular flexibility index (Phi) is 7.60. The molecule has 0 bridgehead atoms. The average Bonchev–Trinajstić information content (AvgIpc) is 2.98. The molecule has 162 valence electrons. The monoisotopic (exact) mass is 437 g/mol. The van der Waals surface area contributed by atoms with E-state index < -0.39 is 5.91 Å². The molecule has 0 saturated carbocycles. The number of fused-ring (bicyclic) bond motifs is 1. The molecule has 0 radical (unpaired) electrons. The molecule has 4 rings (SSSR count). The molecule has 0 aliphatic carbocycles. The zero-order valence-electron chi connectivity index (χ0n) is 17.4. The molecule has 3 aromatic rings. The Morgan fingerprint density at radius 3 is 2.52 bits per heavy atom. The van der Waals surface area contributed by atoms with Crippen molar-refractivity contribution in [2.45, 2.75) is 18.8 Å².